The van der Waals surface area contributed by atoms with Gasteiger partial charge in [0.1, 0.15) is 4.90 Å². The Balaban J connectivity index is 3.40. The average Bonchev–Trinajstić information content (AvgIpc) is 2.06. The second-order valence-electron chi connectivity index (χ2n) is 2.73. The Morgan fingerprint density at radius 2 is 1.94 bits per heavy atom. The van der Waals surface area contributed by atoms with E-state index in [0.29, 0.717) is 6.07 Å². The summed E-state index contributed by atoms with van der Waals surface area (Å²) in [6.07, 6.45) is -5.05. The molecule has 0 fully saturated rings. The third-order valence-corrected chi connectivity index (χ3v) is 3.82. The molecule has 0 unspecified atom stereocenters. The Hall–Kier alpha value is -0.820. The summed E-state index contributed by atoms with van der Waals surface area (Å²) in [6, 6.07) is 0.492. The Kier molecular flexibility index (Phi) is 3.73. The minimum absolute atomic E-state index is 0.348. The zero-order valence-corrected chi connectivity index (χ0v) is 10.7. The van der Waals surface area contributed by atoms with Gasteiger partial charge in [0, 0.05) is 6.07 Å². The van der Waals surface area contributed by atoms with Crippen molar-refractivity contribution >= 4 is 32.6 Å². The number of aromatic nitrogens is 1. The summed E-state index contributed by atoms with van der Waals surface area (Å²) in [5.74, 6) is -1.05. The van der Waals surface area contributed by atoms with Crippen LogP contribution in [0.4, 0.5) is 13.2 Å². The van der Waals surface area contributed by atoms with Crippen molar-refractivity contribution in [3.8, 4) is 5.88 Å². The van der Waals surface area contributed by atoms with Gasteiger partial charge in [-0.3, -0.25) is 9.78 Å². The number of H-pyrrole nitrogens is 1. The Bertz CT molecular complexity index is 594. The Morgan fingerprint density at radius 3 is 2.35 bits per heavy atom. The highest BCUT2D eigenvalue weighted by molar-refractivity contribution is 14.1. The van der Waals surface area contributed by atoms with Gasteiger partial charge in [0.2, 0.25) is 15.9 Å². The van der Waals surface area contributed by atoms with Crippen molar-refractivity contribution in [3.05, 3.63) is 20.0 Å². The number of nitrogens with two attached hydrogens (primary N) is 1. The second-order valence-corrected chi connectivity index (χ2v) is 5.34. The maximum atomic E-state index is 11.9. The van der Waals surface area contributed by atoms with Crippen molar-refractivity contribution in [2.75, 3.05) is 0 Å². The van der Waals surface area contributed by atoms with Crippen LogP contribution in [0.2, 0.25) is 0 Å². The van der Waals surface area contributed by atoms with Crippen LogP contribution >= 0.6 is 22.6 Å². The minimum Gasteiger partial charge on any atom is -0.390 e. The molecule has 0 aliphatic rings. The lowest BCUT2D eigenvalue weighted by Crippen LogP contribution is -2.24. The quantitative estimate of drug-likeness (QED) is 0.727. The lowest BCUT2D eigenvalue weighted by atomic mass is 10.5. The molecule has 0 aliphatic heterocycles. The molecule has 1 heterocycles. The summed E-state index contributed by atoms with van der Waals surface area (Å²) in [5.41, 5.74) is -1.05. The topological polar surface area (TPSA) is 102 Å². The van der Waals surface area contributed by atoms with Crippen LogP contribution in [-0.4, -0.2) is 19.8 Å². The average molecular weight is 384 g/mol. The van der Waals surface area contributed by atoms with Crippen LogP contribution in [-0.2, 0) is 10.0 Å². The number of primary sulfonamides is 1. The van der Waals surface area contributed by atoms with Crippen molar-refractivity contribution in [3.63, 3.8) is 0 Å². The zero-order chi connectivity index (χ0) is 13.4. The van der Waals surface area contributed by atoms with Gasteiger partial charge in [0.25, 0.3) is 5.56 Å². The Labute approximate surface area is 106 Å². The summed E-state index contributed by atoms with van der Waals surface area (Å²) < 4.78 is 60.7. The van der Waals surface area contributed by atoms with Gasteiger partial charge in [-0.15, -0.1) is 13.2 Å². The molecule has 0 saturated heterocycles. The minimum atomic E-state index is -5.05. The fourth-order valence-corrected chi connectivity index (χ4v) is 2.71. The molecule has 3 N–H and O–H groups in total. The first-order valence-electron chi connectivity index (χ1n) is 3.72. The maximum absolute atomic E-state index is 11.9. The maximum Gasteiger partial charge on any atom is 0.574 e. The molecule has 6 nitrogen and oxygen atoms in total. The molecule has 0 atom stereocenters. The highest BCUT2D eigenvalue weighted by atomic mass is 127. The molecule has 0 aliphatic carbocycles. The van der Waals surface area contributed by atoms with Gasteiger partial charge in [-0.25, -0.2) is 13.6 Å². The van der Waals surface area contributed by atoms with Gasteiger partial charge < -0.3 is 4.74 Å². The van der Waals surface area contributed by atoms with Crippen molar-refractivity contribution < 1.29 is 26.3 Å². The van der Waals surface area contributed by atoms with Gasteiger partial charge in [0.05, 0.1) is 3.57 Å². The molecule has 1 rings (SSSR count). The van der Waals surface area contributed by atoms with Crippen molar-refractivity contribution in [2.24, 2.45) is 5.14 Å². The third-order valence-electron chi connectivity index (χ3n) is 1.45. The zero-order valence-electron chi connectivity index (χ0n) is 7.71. The molecule has 96 valence electrons. The molecule has 0 spiro atoms. The summed E-state index contributed by atoms with van der Waals surface area (Å²) in [4.78, 5) is 12.1. The number of hydrogen-bond donors (Lipinski definition) is 2. The van der Waals surface area contributed by atoms with Crippen LogP contribution in [0.1, 0.15) is 0 Å². The van der Waals surface area contributed by atoms with E-state index >= 15 is 0 Å². The first-order chi connectivity index (χ1) is 7.50. The van der Waals surface area contributed by atoms with E-state index in [1.54, 1.807) is 4.98 Å². The molecular weight excluding hydrogens is 380 g/mol. The molecule has 0 saturated carbocycles. The van der Waals surface area contributed by atoms with E-state index in [1.165, 1.54) is 22.6 Å². The summed E-state index contributed by atoms with van der Waals surface area (Å²) >= 11 is 1.34. The molecule has 11 heteroatoms. The van der Waals surface area contributed by atoms with Gasteiger partial charge in [-0.1, -0.05) is 0 Å². The van der Waals surface area contributed by atoms with Gasteiger partial charge in [-0.05, 0) is 22.6 Å². The van der Waals surface area contributed by atoms with E-state index in [4.69, 9.17) is 5.14 Å². The van der Waals surface area contributed by atoms with E-state index in [2.05, 4.69) is 4.74 Å². The smallest absolute Gasteiger partial charge is 0.390 e. The van der Waals surface area contributed by atoms with E-state index in [9.17, 15) is 26.4 Å². The van der Waals surface area contributed by atoms with Crippen LogP contribution < -0.4 is 15.4 Å². The monoisotopic (exact) mass is 384 g/mol. The number of alkyl halides is 3. The second kappa shape index (κ2) is 4.45. The van der Waals surface area contributed by atoms with Crippen LogP contribution in [0.5, 0.6) is 5.88 Å². The number of hydrogen-bond acceptors (Lipinski definition) is 4. The highest BCUT2D eigenvalue weighted by Crippen LogP contribution is 2.23. The standard InChI is InChI=1S/C6H4F3IN2O4S/c7-6(8,9)16-3-1-2(17(11,14)15)4(10)5(13)12-3/h1H,(H,12,13)(H2,11,14,15). The molecule has 0 bridgehead atoms. The number of pyridine rings is 1. The predicted octanol–water partition coefficient (Wildman–Crippen LogP) is 0.526. The fourth-order valence-electron chi connectivity index (χ4n) is 0.884. The van der Waals surface area contributed by atoms with Crippen LogP contribution in [0.25, 0.3) is 0 Å². The van der Waals surface area contributed by atoms with Crippen molar-refractivity contribution in [1.29, 1.82) is 0 Å². The number of rotatable bonds is 2. The van der Waals surface area contributed by atoms with Crippen LogP contribution in [0, 0.1) is 3.57 Å². The molecule has 0 amide bonds. The normalized spacial score (nSPS) is 12.5. The highest BCUT2D eigenvalue weighted by Gasteiger charge is 2.32. The molecule has 17 heavy (non-hydrogen) atoms. The van der Waals surface area contributed by atoms with Gasteiger partial charge in [0.15, 0.2) is 0 Å². The summed E-state index contributed by atoms with van der Waals surface area (Å²) in [7, 11) is -4.31. The Morgan fingerprint density at radius 1 is 1.41 bits per heavy atom. The molecular formula is C6H4F3IN2O4S. The fraction of sp³-hybridized carbons (Fsp3) is 0.167. The number of aromatic amines is 1. The molecule has 1 aromatic heterocycles. The van der Waals surface area contributed by atoms with Crippen LogP contribution in [0.15, 0.2) is 15.8 Å². The van der Waals surface area contributed by atoms with E-state index in [-0.39, 0.29) is 3.57 Å². The number of ether oxygens (including phenoxy) is 1. The van der Waals surface area contributed by atoms with E-state index in [1.807, 2.05) is 0 Å². The lowest BCUT2D eigenvalue weighted by molar-refractivity contribution is -0.276. The van der Waals surface area contributed by atoms with Crippen LogP contribution in [0.3, 0.4) is 0 Å². The summed E-state index contributed by atoms with van der Waals surface area (Å²) in [5, 5.41) is 4.74. The third kappa shape index (κ3) is 3.85. The first-order valence-corrected chi connectivity index (χ1v) is 6.34. The molecule has 0 aromatic carbocycles. The van der Waals surface area contributed by atoms with E-state index < -0.39 is 32.7 Å². The summed E-state index contributed by atoms with van der Waals surface area (Å²) in [6.45, 7) is 0. The number of nitrogens with one attached hydrogen (secondary N) is 1. The predicted molar refractivity (Wildman–Crippen MR) is 57.8 cm³/mol. The van der Waals surface area contributed by atoms with Crippen molar-refractivity contribution in [2.45, 2.75) is 11.3 Å². The SMILES string of the molecule is NS(=O)(=O)c1cc(OC(F)(F)F)[nH]c(=O)c1I. The van der Waals surface area contributed by atoms with Gasteiger partial charge >= 0.3 is 6.36 Å². The molecule has 1 aromatic rings. The number of halogens is 4. The lowest BCUT2D eigenvalue weighted by Gasteiger charge is -2.09. The largest absolute Gasteiger partial charge is 0.574 e. The van der Waals surface area contributed by atoms with Crippen molar-refractivity contribution in [1.82, 2.24) is 4.98 Å². The molecule has 0 radical (unpaired) electrons. The van der Waals surface area contributed by atoms with E-state index in [0.717, 1.165) is 0 Å². The number of sulfonamides is 1. The first kappa shape index (κ1) is 14.2. The van der Waals surface area contributed by atoms with Gasteiger partial charge in [-0.2, -0.15) is 0 Å².